The molecule has 0 aromatic heterocycles. The van der Waals surface area contributed by atoms with Crippen molar-refractivity contribution in [3.63, 3.8) is 0 Å². The van der Waals surface area contributed by atoms with E-state index in [-0.39, 0.29) is 29.3 Å². The Labute approximate surface area is 222 Å². The zero-order chi connectivity index (χ0) is 26.8. The van der Waals surface area contributed by atoms with E-state index >= 15 is 0 Å². The number of rotatable bonds is 12. The van der Waals surface area contributed by atoms with Crippen molar-refractivity contribution >= 4 is 29.3 Å². The number of carbonyl (C=O) groups excluding carboxylic acids is 2. The largest absolute Gasteiger partial charge is 0.352 e. The number of aryl methyl sites for hydroxylation is 1. The Hall–Kier alpha value is -3.65. The third kappa shape index (κ3) is 8.75. The molecule has 1 N–H and O–H groups in total. The average Bonchev–Trinajstić information content (AvgIpc) is 2.86. The van der Waals surface area contributed by atoms with Gasteiger partial charge in [-0.25, -0.2) is 0 Å². The van der Waals surface area contributed by atoms with Crippen molar-refractivity contribution in [2.75, 3.05) is 5.75 Å². The van der Waals surface area contributed by atoms with Gasteiger partial charge in [0.15, 0.2) is 0 Å². The number of nitrogens with one attached hydrogen (secondary N) is 1. The zero-order valence-electron chi connectivity index (χ0n) is 21.4. The van der Waals surface area contributed by atoms with Gasteiger partial charge in [-0.3, -0.25) is 19.7 Å². The Morgan fingerprint density at radius 2 is 1.62 bits per heavy atom. The van der Waals surface area contributed by atoms with Gasteiger partial charge in [0.25, 0.3) is 5.69 Å². The fourth-order valence-electron chi connectivity index (χ4n) is 3.99. The summed E-state index contributed by atoms with van der Waals surface area (Å²) in [5.74, 6) is 0.403. The smallest absolute Gasteiger partial charge is 0.269 e. The second-order valence-electron chi connectivity index (χ2n) is 9.30. The average molecular weight is 520 g/mol. The predicted octanol–water partition coefficient (Wildman–Crippen LogP) is 5.30. The SMILES string of the molecule is Cc1cccc(CN(C(=O)CSCc2ccc([N+](=O)[O-])cc2)C(Cc2ccccc2)C(=O)NC(C)C)c1. The van der Waals surface area contributed by atoms with Crippen LogP contribution >= 0.6 is 11.8 Å². The number of hydrogen-bond donors (Lipinski definition) is 1. The maximum absolute atomic E-state index is 13.6. The lowest BCUT2D eigenvalue weighted by molar-refractivity contribution is -0.384. The molecule has 7 nitrogen and oxygen atoms in total. The van der Waals surface area contributed by atoms with Crippen LogP contribution in [-0.2, 0) is 28.3 Å². The summed E-state index contributed by atoms with van der Waals surface area (Å²) in [4.78, 5) is 39.1. The number of nitrogens with zero attached hydrogens (tertiary/aromatic N) is 2. The minimum atomic E-state index is -0.669. The molecule has 1 unspecified atom stereocenters. The number of nitro benzene ring substituents is 1. The van der Waals surface area contributed by atoms with Gasteiger partial charge in [-0.15, -0.1) is 11.8 Å². The maximum atomic E-state index is 13.6. The molecule has 0 saturated heterocycles. The summed E-state index contributed by atoms with van der Waals surface area (Å²) in [5.41, 5.74) is 3.96. The van der Waals surface area contributed by atoms with E-state index in [0.717, 1.165) is 22.3 Å². The van der Waals surface area contributed by atoms with E-state index in [1.165, 1.54) is 23.9 Å². The molecule has 37 heavy (non-hydrogen) atoms. The van der Waals surface area contributed by atoms with E-state index in [2.05, 4.69) is 5.32 Å². The molecule has 0 spiro atoms. The van der Waals surface area contributed by atoms with Crippen LogP contribution in [0.25, 0.3) is 0 Å². The van der Waals surface area contributed by atoms with Gasteiger partial charge in [0.1, 0.15) is 6.04 Å². The highest BCUT2D eigenvalue weighted by atomic mass is 32.2. The van der Waals surface area contributed by atoms with Crippen LogP contribution in [0.1, 0.15) is 36.1 Å². The third-order valence-corrected chi connectivity index (χ3v) is 6.77. The van der Waals surface area contributed by atoms with Crippen molar-refractivity contribution in [1.82, 2.24) is 10.2 Å². The zero-order valence-corrected chi connectivity index (χ0v) is 22.2. The Bertz CT molecular complexity index is 1200. The van der Waals surface area contributed by atoms with Gasteiger partial charge in [-0.1, -0.05) is 72.3 Å². The van der Waals surface area contributed by atoms with Crippen molar-refractivity contribution in [1.29, 1.82) is 0 Å². The van der Waals surface area contributed by atoms with Gasteiger partial charge >= 0.3 is 0 Å². The first-order valence-electron chi connectivity index (χ1n) is 12.2. The Kier molecular flexibility index (Phi) is 10.3. The number of hydrogen-bond acceptors (Lipinski definition) is 5. The first kappa shape index (κ1) is 27.9. The highest BCUT2D eigenvalue weighted by Gasteiger charge is 2.30. The van der Waals surface area contributed by atoms with E-state index in [9.17, 15) is 19.7 Å². The molecule has 0 radical (unpaired) electrons. The van der Waals surface area contributed by atoms with Crippen LogP contribution in [-0.4, -0.2) is 39.5 Å². The molecule has 0 aliphatic carbocycles. The summed E-state index contributed by atoms with van der Waals surface area (Å²) >= 11 is 1.43. The van der Waals surface area contributed by atoms with E-state index in [4.69, 9.17) is 0 Å². The molecule has 2 amide bonds. The Morgan fingerprint density at radius 3 is 2.24 bits per heavy atom. The first-order chi connectivity index (χ1) is 17.7. The van der Waals surface area contributed by atoms with Crippen molar-refractivity contribution in [2.45, 2.75) is 51.6 Å². The van der Waals surface area contributed by atoms with Gasteiger partial charge in [0, 0.05) is 36.9 Å². The minimum Gasteiger partial charge on any atom is -0.352 e. The van der Waals surface area contributed by atoms with Crippen LogP contribution in [0, 0.1) is 17.0 Å². The van der Waals surface area contributed by atoms with Crippen LogP contribution in [0.2, 0.25) is 0 Å². The van der Waals surface area contributed by atoms with Crippen molar-refractivity contribution < 1.29 is 14.5 Å². The molecule has 3 aromatic carbocycles. The molecular weight excluding hydrogens is 486 g/mol. The molecular formula is C29H33N3O4S. The maximum Gasteiger partial charge on any atom is 0.269 e. The predicted molar refractivity (Wildman–Crippen MR) is 148 cm³/mol. The minimum absolute atomic E-state index is 0.0362. The fourth-order valence-corrected chi connectivity index (χ4v) is 4.87. The monoisotopic (exact) mass is 519 g/mol. The van der Waals surface area contributed by atoms with E-state index in [0.29, 0.717) is 18.7 Å². The summed E-state index contributed by atoms with van der Waals surface area (Å²) < 4.78 is 0. The lowest BCUT2D eigenvalue weighted by Gasteiger charge is -2.32. The highest BCUT2D eigenvalue weighted by Crippen LogP contribution is 2.20. The van der Waals surface area contributed by atoms with Crippen molar-refractivity contribution in [2.24, 2.45) is 0 Å². The lowest BCUT2D eigenvalue weighted by atomic mass is 10.0. The molecule has 0 fully saturated rings. The van der Waals surface area contributed by atoms with Gasteiger partial charge in [-0.2, -0.15) is 0 Å². The van der Waals surface area contributed by atoms with Gasteiger partial charge in [-0.05, 0) is 37.5 Å². The standard InChI is InChI=1S/C29H33N3O4S/c1-21(2)30-29(34)27(17-23-9-5-4-6-10-23)31(18-25-11-7-8-22(3)16-25)28(33)20-37-19-24-12-14-26(15-13-24)32(35)36/h4-16,21,27H,17-20H2,1-3H3,(H,30,34). The van der Waals surface area contributed by atoms with Gasteiger partial charge < -0.3 is 10.2 Å². The van der Waals surface area contributed by atoms with Crippen molar-refractivity contribution in [3.05, 3.63) is 111 Å². The van der Waals surface area contributed by atoms with Crippen LogP contribution in [0.15, 0.2) is 78.9 Å². The van der Waals surface area contributed by atoms with Crippen molar-refractivity contribution in [3.8, 4) is 0 Å². The third-order valence-electron chi connectivity index (χ3n) is 5.78. The summed E-state index contributed by atoms with van der Waals surface area (Å²) in [6, 6.07) is 23.3. The summed E-state index contributed by atoms with van der Waals surface area (Å²) in [6.07, 6.45) is 0.407. The lowest BCUT2D eigenvalue weighted by Crippen LogP contribution is -2.52. The van der Waals surface area contributed by atoms with E-state index in [1.807, 2.05) is 75.4 Å². The van der Waals surface area contributed by atoms with Gasteiger partial charge in [0.2, 0.25) is 11.8 Å². The Balaban J connectivity index is 1.82. The number of thioether (sulfide) groups is 1. The second-order valence-corrected chi connectivity index (χ2v) is 10.3. The molecule has 0 aliphatic rings. The van der Waals surface area contributed by atoms with Crippen LogP contribution in [0.3, 0.4) is 0 Å². The number of non-ortho nitro benzene ring substituents is 1. The normalized spacial score (nSPS) is 11.7. The molecule has 3 rings (SSSR count). The fraction of sp³-hybridized carbons (Fsp3) is 0.310. The number of amides is 2. The summed E-state index contributed by atoms with van der Waals surface area (Å²) in [5, 5.41) is 13.9. The topological polar surface area (TPSA) is 92.6 Å². The van der Waals surface area contributed by atoms with Crippen LogP contribution < -0.4 is 5.32 Å². The molecule has 0 saturated carbocycles. The van der Waals surface area contributed by atoms with E-state index < -0.39 is 11.0 Å². The van der Waals surface area contributed by atoms with Crippen LogP contribution in [0.4, 0.5) is 5.69 Å². The second kappa shape index (κ2) is 13.6. The molecule has 194 valence electrons. The molecule has 3 aromatic rings. The number of benzene rings is 3. The summed E-state index contributed by atoms with van der Waals surface area (Å²) in [6.45, 7) is 6.14. The van der Waals surface area contributed by atoms with Gasteiger partial charge in [0.05, 0.1) is 10.7 Å². The number of carbonyl (C=O) groups is 2. The van der Waals surface area contributed by atoms with Crippen LogP contribution in [0.5, 0.6) is 0 Å². The quantitative estimate of drug-likeness (QED) is 0.259. The molecule has 8 heteroatoms. The number of nitro groups is 1. The summed E-state index contributed by atoms with van der Waals surface area (Å²) in [7, 11) is 0. The molecule has 0 heterocycles. The Morgan fingerprint density at radius 1 is 0.946 bits per heavy atom. The molecule has 0 bridgehead atoms. The van der Waals surface area contributed by atoms with E-state index in [1.54, 1.807) is 17.0 Å². The first-order valence-corrected chi connectivity index (χ1v) is 13.4. The highest BCUT2D eigenvalue weighted by molar-refractivity contribution is 7.99. The molecule has 1 atom stereocenters. The molecule has 0 aliphatic heterocycles.